The fraction of sp³-hybridized carbons (Fsp3) is 0.462. The predicted octanol–water partition coefficient (Wildman–Crippen LogP) is 1.73. The van der Waals surface area contributed by atoms with Crippen molar-refractivity contribution in [1.29, 1.82) is 0 Å². The van der Waals surface area contributed by atoms with Gasteiger partial charge in [0, 0.05) is 6.07 Å². The minimum Gasteiger partial charge on any atom is -0.497 e. The number of tetrazole rings is 1. The fourth-order valence-electron chi connectivity index (χ4n) is 1.84. The van der Waals surface area contributed by atoms with Gasteiger partial charge in [0.25, 0.3) is 0 Å². The number of aromatic nitrogens is 4. The van der Waals surface area contributed by atoms with Gasteiger partial charge in [0.05, 0.1) is 18.8 Å². The summed E-state index contributed by atoms with van der Waals surface area (Å²) in [6.45, 7) is 5.12. The molecule has 1 aromatic carbocycles. The Balaban J connectivity index is 2.27. The second-order valence-corrected chi connectivity index (χ2v) is 4.33. The van der Waals surface area contributed by atoms with E-state index in [2.05, 4.69) is 34.7 Å². The van der Waals surface area contributed by atoms with E-state index in [0.717, 1.165) is 30.2 Å². The van der Waals surface area contributed by atoms with Crippen LogP contribution in [-0.2, 0) is 0 Å². The Morgan fingerprint density at radius 3 is 3.00 bits per heavy atom. The van der Waals surface area contributed by atoms with E-state index in [-0.39, 0.29) is 6.04 Å². The summed E-state index contributed by atoms with van der Waals surface area (Å²) < 4.78 is 6.95. The average Bonchev–Trinajstić information content (AvgIpc) is 2.94. The van der Waals surface area contributed by atoms with Crippen molar-refractivity contribution in [1.82, 2.24) is 25.5 Å². The standard InChI is InChI=1S/C13H19N5O/c1-4-8-14-10(2)13-15-16-17-18(13)11-6-5-7-12(9-11)19-3/h5-7,9-10,14H,4,8H2,1-3H3. The van der Waals surface area contributed by atoms with Crippen LogP contribution in [0.1, 0.15) is 32.1 Å². The molecule has 6 heteroatoms. The molecule has 0 aliphatic heterocycles. The molecule has 0 aliphatic carbocycles. The molecule has 0 aliphatic rings. The van der Waals surface area contributed by atoms with Crippen molar-refractivity contribution in [3.63, 3.8) is 0 Å². The van der Waals surface area contributed by atoms with Gasteiger partial charge in [0.1, 0.15) is 5.75 Å². The van der Waals surface area contributed by atoms with Crippen LogP contribution in [0.2, 0.25) is 0 Å². The monoisotopic (exact) mass is 261 g/mol. The van der Waals surface area contributed by atoms with Gasteiger partial charge in [0.2, 0.25) is 0 Å². The normalized spacial score (nSPS) is 12.4. The third-order valence-corrected chi connectivity index (χ3v) is 2.88. The quantitative estimate of drug-likeness (QED) is 0.858. The van der Waals surface area contributed by atoms with Gasteiger partial charge < -0.3 is 10.1 Å². The summed E-state index contributed by atoms with van der Waals surface area (Å²) in [5, 5.41) is 15.3. The minimum atomic E-state index is 0.0983. The Bertz CT molecular complexity index is 525. The van der Waals surface area contributed by atoms with Crippen molar-refractivity contribution < 1.29 is 4.74 Å². The summed E-state index contributed by atoms with van der Waals surface area (Å²) in [4.78, 5) is 0. The molecule has 0 saturated carbocycles. The van der Waals surface area contributed by atoms with Crippen molar-refractivity contribution >= 4 is 0 Å². The molecule has 1 heterocycles. The lowest BCUT2D eigenvalue weighted by atomic mass is 10.2. The van der Waals surface area contributed by atoms with E-state index in [0.29, 0.717) is 0 Å². The molecule has 0 radical (unpaired) electrons. The number of nitrogens with zero attached hydrogens (tertiary/aromatic N) is 4. The average molecular weight is 261 g/mol. The number of hydrogen-bond acceptors (Lipinski definition) is 5. The molecule has 0 spiro atoms. The van der Waals surface area contributed by atoms with Crippen LogP contribution in [0.25, 0.3) is 5.69 Å². The van der Waals surface area contributed by atoms with Gasteiger partial charge in [-0.3, -0.25) is 0 Å². The second kappa shape index (κ2) is 6.29. The summed E-state index contributed by atoms with van der Waals surface area (Å²) in [7, 11) is 1.64. The zero-order valence-corrected chi connectivity index (χ0v) is 11.5. The molecule has 0 bridgehead atoms. The van der Waals surface area contributed by atoms with E-state index in [4.69, 9.17) is 4.74 Å². The Morgan fingerprint density at radius 2 is 2.26 bits per heavy atom. The fourth-order valence-corrected chi connectivity index (χ4v) is 1.84. The lowest BCUT2D eigenvalue weighted by Crippen LogP contribution is -2.22. The van der Waals surface area contributed by atoms with Crippen LogP contribution >= 0.6 is 0 Å². The molecule has 1 unspecified atom stereocenters. The van der Waals surface area contributed by atoms with Gasteiger partial charge in [-0.05, 0) is 42.4 Å². The van der Waals surface area contributed by atoms with Crippen LogP contribution in [0.4, 0.5) is 0 Å². The molecule has 6 nitrogen and oxygen atoms in total. The Morgan fingerprint density at radius 1 is 1.42 bits per heavy atom. The Kier molecular flexibility index (Phi) is 4.46. The van der Waals surface area contributed by atoms with Gasteiger partial charge in [0.15, 0.2) is 5.82 Å². The molecule has 1 atom stereocenters. The number of nitrogens with one attached hydrogen (secondary N) is 1. The minimum absolute atomic E-state index is 0.0983. The van der Waals surface area contributed by atoms with Crippen molar-refractivity contribution in [2.75, 3.05) is 13.7 Å². The van der Waals surface area contributed by atoms with Crippen LogP contribution in [0.5, 0.6) is 5.75 Å². The van der Waals surface area contributed by atoms with Crippen LogP contribution in [0.3, 0.4) is 0 Å². The van der Waals surface area contributed by atoms with E-state index in [9.17, 15) is 0 Å². The molecule has 1 N–H and O–H groups in total. The molecular weight excluding hydrogens is 242 g/mol. The largest absolute Gasteiger partial charge is 0.497 e. The third kappa shape index (κ3) is 3.08. The lowest BCUT2D eigenvalue weighted by molar-refractivity contribution is 0.414. The summed E-state index contributed by atoms with van der Waals surface area (Å²) >= 11 is 0. The summed E-state index contributed by atoms with van der Waals surface area (Å²) in [6.07, 6.45) is 1.07. The maximum atomic E-state index is 5.22. The molecule has 2 aromatic rings. The maximum absolute atomic E-state index is 5.22. The zero-order valence-electron chi connectivity index (χ0n) is 11.5. The SMILES string of the molecule is CCCNC(C)c1nnnn1-c1cccc(OC)c1. The van der Waals surface area contributed by atoms with E-state index in [1.807, 2.05) is 24.3 Å². The van der Waals surface area contributed by atoms with E-state index in [1.165, 1.54) is 0 Å². The highest BCUT2D eigenvalue weighted by molar-refractivity contribution is 5.39. The summed E-state index contributed by atoms with van der Waals surface area (Å²) in [6, 6.07) is 7.78. The first kappa shape index (κ1) is 13.5. The van der Waals surface area contributed by atoms with Gasteiger partial charge in [-0.2, -0.15) is 4.68 Å². The molecule has 102 valence electrons. The van der Waals surface area contributed by atoms with Gasteiger partial charge >= 0.3 is 0 Å². The highest BCUT2D eigenvalue weighted by atomic mass is 16.5. The van der Waals surface area contributed by atoms with E-state index >= 15 is 0 Å². The number of hydrogen-bond donors (Lipinski definition) is 1. The Hall–Kier alpha value is -1.95. The summed E-state index contributed by atoms with van der Waals surface area (Å²) in [5.41, 5.74) is 0.893. The predicted molar refractivity (Wildman–Crippen MR) is 72.4 cm³/mol. The van der Waals surface area contributed by atoms with Crippen LogP contribution < -0.4 is 10.1 Å². The van der Waals surface area contributed by atoms with E-state index in [1.54, 1.807) is 11.8 Å². The third-order valence-electron chi connectivity index (χ3n) is 2.88. The van der Waals surface area contributed by atoms with Crippen LogP contribution in [0.15, 0.2) is 24.3 Å². The Labute approximate surface area is 112 Å². The van der Waals surface area contributed by atoms with Crippen molar-refractivity contribution in [3.8, 4) is 11.4 Å². The van der Waals surface area contributed by atoms with Crippen molar-refractivity contribution in [2.24, 2.45) is 0 Å². The first-order valence-electron chi connectivity index (χ1n) is 6.42. The topological polar surface area (TPSA) is 64.9 Å². The first-order chi connectivity index (χ1) is 9.26. The van der Waals surface area contributed by atoms with Crippen molar-refractivity contribution in [2.45, 2.75) is 26.3 Å². The first-order valence-corrected chi connectivity index (χ1v) is 6.42. The molecular formula is C13H19N5O. The number of rotatable bonds is 6. The molecule has 0 saturated heterocycles. The summed E-state index contributed by atoms with van der Waals surface area (Å²) in [5.74, 6) is 1.58. The van der Waals surface area contributed by atoms with Crippen LogP contribution in [-0.4, -0.2) is 33.9 Å². The molecule has 0 amide bonds. The second-order valence-electron chi connectivity index (χ2n) is 4.33. The molecule has 1 aromatic heterocycles. The van der Waals surface area contributed by atoms with Gasteiger partial charge in [-0.15, -0.1) is 5.10 Å². The van der Waals surface area contributed by atoms with Crippen LogP contribution in [0, 0.1) is 0 Å². The maximum Gasteiger partial charge on any atom is 0.173 e. The molecule has 2 rings (SSSR count). The smallest absolute Gasteiger partial charge is 0.173 e. The van der Waals surface area contributed by atoms with E-state index < -0.39 is 0 Å². The number of ether oxygens (including phenoxy) is 1. The number of benzene rings is 1. The van der Waals surface area contributed by atoms with Gasteiger partial charge in [-0.25, -0.2) is 0 Å². The molecule has 0 fully saturated rings. The highest BCUT2D eigenvalue weighted by Gasteiger charge is 2.15. The van der Waals surface area contributed by atoms with Gasteiger partial charge in [-0.1, -0.05) is 13.0 Å². The number of methoxy groups -OCH3 is 1. The lowest BCUT2D eigenvalue weighted by Gasteiger charge is -2.13. The van der Waals surface area contributed by atoms with Crippen molar-refractivity contribution in [3.05, 3.63) is 30.1 Å². The molecule has 19 heavy (non-hydrogen) atoms. The zero-order chi connectivity index (χ0) is 13.7. The highest BCUT2D eigenvalue weighted by Crippen LogP contribution is 2.18.